The maximum absolute atomic E-state index is 12.6. The summed E-state index contributed by atoms with van der Waals surface area (Å²) in [5, 5.41) is 2.72. The number of fused-ring (bicyclic) bond motifs is 1. The Morgan fingerprint density at radius 2 is 1.95 bits per heavy atom. The van der Waals surface area contributed by atoms with Crippen LogP contribution in [0.25, 0.3) is 0 Å². The Kier molecular flexibility index (Phi) is 3.44. The summed E-state index contributed by atoms with van der Waals surface area (Å²) in [6.45, 7) is 1.90. The van der Waals surface area contributed by atoms with E-state index in [9.17, 15) is 9.59 Å². The Balaban J connectivity index is 1.88. The monoisotopic (exact) mass is 281 g/mol. The van der Waals surface area contributed by atoms with Crippen molar-refractivity contribution in [2.45, 2.75) is 12.8 Å². The fourth-order valence-corrected chi connectivity index (χ4v) is 2.38. The lowest BCUT2D eigenvalue weighted by Gasteiger charge is -2.19. The molecule has 0 radical (unpaired) electrons. The quantitative estimate of drug-likeness (QED) is 0.880. The number of amides is 1. The van der Waals surface area contributed by atoms with Crippen LogP contribution in [0.5, 0.6) is 5.75 Å². The zero-order valence-corrected chi connectivity index (χ0v) is 11.6. The number of hydrogen-bond donors (Lipinski definition) is 1. The van der Waals surface area contributed by atoms with Crippen LogP contribution in [0.3, 0.4) is 0 Å². The van der Waals surface area contributed by atoms with E-state index < -0.39 is 0 Å². The van der Waals surface area contributed by atoms with Crippen molar-refractivity contribution in [3.05, 3.63) is 59.7 Å². The molecule has 0 spiro atoms. The number of carbonyl (C=O) groups excluding carboxylic acids is 2. The molecule has 1 atom stereocenters. The Labute approximate surface area is 122 Å². The number of nitrogens with one attached hydrogen (secondary N) is 1. The first-order chi connectivity index (χ1) is 10.1. The van der Waals surface area contributed by atoms with E-state index >= 15 is 0 Å². The minimum atomic E-state index is -0.232. The normalized spacial score (nSPS) is 14.6. The van der Waals surface area contributed by atoms with E-state index in [-0.39, 0.29) is 24.2 Å². The predicted molar refractivity (Wildman–Crippen MR) is 79.8 cm³/mol. The van der Waals surface area contributed by atoms with E-state index in [0.29, 0.717) is 17.0 Å². The first kappa shape index (κ1) is 13.4. The number of carbonyl (C=O) groups is 2. The topological polar surface area (TPSA) is 55.4 Å². The highest BCUT2D eigenvalue weighted by atomic mass is 16.5. The van der Waals surface area contributed by atoms with Gasteiger partial charge in [-0.25, -0.2) is 0 Å². The van der Waals surface area contributed by atoms with Crippen molar-refractivity contribution >= 4 is 17.4 Å². The van der Waals surface area contributed by atoms with Gasteiger partial charge >= 0.3 is 0 Å². The minimum Gasteiger partial charge on any atom is -0.482 e. The van der Waals surface area contributed by atoms with Gasteiger partial charge < -0.3 is 10.1 Å². The van der Waals surface area contributed by atoms with Gasteiger partial charge in [0.1, 0.15) is 5.75 Å². The van der Waals surface area contributed by atoms with Crippen molar-refractivity contribution < 1.29 is 14.3 Å². The number of rotatable bonds is 3. The van der Waals surface area contributed by atoms with Crippen molar-refractivity contribution in [3.8, 4) is 5.75 Å². The summed E-state index contributed by atoms with van der Waals surface area (Å²) >= 11 is 0. The highest BCUT2D eigenvalue weighted by Crippen LogP contribution is 2.30. The van der Waals surface area contributed by atoms with Crippen molar-refractivity contribution in [1.82, 2.24) is 0 Å². The Morgan fingerprint density at radius 3 is 2.71 bits per heavy atom. The van der Waals surface area contributed by atoms with Crippen LogP contribution in [0, 0.1) is 0 Å². The number of benzene rings is 2. The zero-order valence-electron chi connectivity index (χ0n) is 11.6. The van der Waals surface area contributed by atoms with Gasteiger partial charge in [0.25, 0.3) is 5.91 Å². The van der Waals surface area contributed by atoms with Crippen molar-refractivity contribution in [1.29, 1.82) is 0 Å². The first-order valence-corrected chi connectivity index (χ1v) is 6.81. The SMILES string of the molecule is CC(C(=O)c1ccc2c(c1)NC(=O)CO2)c1ccccc1. The number of anilines is 1. The van der Waals surface area contributed by atoms with Crippen LogP contribution in [-0.4, -0.2) is 18.3 Å². The van der Waals surface area contributed by atoms with E-state index in [2.05, 4.69) is 5.32 Å². The third-order valence-electron chi connectivity index (χ3n) is 3.59. The molecule has 1 heterocycles. The molecule has 4 heteroatoms. The molecule has 106 valence electrons. The fraction of sp³-hybridized carbons (Fsp3) is 0.176. The number of Topliss-reactive ketones (excluding diaryl/α,β-unsaturated/α-hetero) is 1. The van der Waals surface area contributed by atoms with E-state index in [1.807, 2.05) is 37.3 Å². The third kappa shape index (κ3) is 2.65. The molecule has 0 aromatic heterocycles. The van der Waals surface area contributed by atoms with Crippen LogP contribution < -0.4 is 10.1 Å². The van der Waals surface area contributed by atoms with Crippen molar-refractivity contribution in [3.63, 3.8) is 0 Å². The van der Waals surface area contributed by atoms with Gasteiger partial charge in [0.05, 0.1) is 5.69 Å². The molecule has 21 heavy (non-hydrogen) atoms. The summed E-state index contributed by atoms with van der Waals surface area (Å²) in [6, 6.07) is 14.8. The molecule has 0 bridgehead atoms. The van der Waals surface area contributed by atoms with E-state index in [0.717, 1.165) is 5.56 Å². The molecule has 1 amide bonds. The van der Waals surface area contributed by atoms with E-state index in [1.54, 1.807) is 18.2 Å². The molecule has 3 rings (SSSR count). The van der Waals surface area contributed by atoms with Gasteiger partial charge in [-0.1, -0.05) is 37.3 Å². The van der Waals surface area contributed by atoms with Crippen LogP contribution in [0.4, 0.5) is 5.69 Å². The lowest BCUT2D eigenvalue weighted by Crippen LogP contribution is -2.25. The lowest BCUT2D eigenvalue weighted by molar-refractivity contribution is -0.118. The number of ether oxygens (including phenoxy) is 1. The van der Waals surface area contributed by atoms with Gasteiger partial charge in [-0.15, -0.1) is 0 Å². The molecular formula is C17H15NO3. The zero-order chi connectivity index (χ0) is 14.8. The summed E-state index contributed by atoms with van der Waals surface area (Å²) in [7, 11) is 0. The van der Waals surface area contributed by atoms with E-state index in [1.165, 1.54) is 0 Å². The number of ketones is 1. The van der Waals surface area contributed by atoms with Gasteiger partial charge in [-0.2, -0.15) is 0 Å². The average molecular weight is 281 g/mol. The van der Waals surface area contributed by atoms with Gasteiger partial charge in [0.2, 0.25) is 0 Å². The van der Waals surface area contributed by atoms with Crippen molar-refractivity contribution in [2.75, 3.05) is 11.9 Å². The fourth-order valence-electron chi connectivity index (χ4n) is 2.38. The first-order valence-electron chi connectivity index (χ1n) is 6.81. The standard InChI is InChI=1S/C17H15NO3/c1-11(12-5-3-2-4-6-12)17(20)13-7-8-15-14(9-13)18-16(19)10-21-15/h2-9,11H,10H2,1H3,(H,18,19). The van der Waals surface area contributed by atoms with Crippen LogP contribution >= 0.6 is 0 Å². The largest absolute Gasteiger partial charge is 0.482 e. The molecule has 2 aromatic rings. The Bertz CT molecular complexity index is 694. The second-order valence-electron chi connectivity index (χ2n) is 5.04. The van der Waals surface area contributed by atoms with Crippen LogP contribution in [0.1, 0.15) is 28.8 Å². The van der Waals surface area contributed by atoms with Crippen LogP contribution in [-0.2, 0) is 4.79 Å². The smallest absolute Gasteiger partial charge is 0.262 e. The van der Waals surface area contributed by atoms with Gasteiger partial charge in [0.15, 0.2) is 12.4 Å². The summed E-state index contributed by atoms with van der Waals surface area (Å²) in [5.74, 6) is 0.176. The molecule has 4 nitrogen and oxygen atoms in total. The molecular weight excluding hydrogens is 266 g/mol. The third-order valence-corrected chi connectivity index (χ3v) is 3.59. The summed E-state index contributed by atoms with van der Waals surface area (Å²) in [4.78, 5) is 23.9. The Hall–Kier alpha value is -2.62. The lowest BCUT2D eigenvalue weighted by atomic mass is 9.92. The molecule has 0 saturated heterocycles. The maximum Gasteiger partial charge on any atom is 0.262 e. The maximum atomic E-state index is 12.6. The minimum absolute atomic E-state index is 0.0146. The molecule has 1 aliphatic heterocycles. The molecule has 0 saturated carbocycles. The van der Waals surface area contributed by atoms with Gasteiger partial charge in [-0.05, 0) is 23.8 Å². The van der Waals surface area contributed by atoms with Gasteiger partial charge in [0, 0.05) is 11.5 Å². The van der Waals surface area contributed by atoms with E-state index in [4.69, 9.17) is 4.74 Å². The van der Waals surface area contributed by atoms with Crippen LogP contribution in [0.15, 0.2) is 48.5 Å². The predicted octanol–water partition coefficient (Wildman–Crippen LogP) is 3.00. The molecule has 2 aromatic carbocycles. The molecule has 1 aliphatic rings. The summed E-state index contributed by atoms with van der Waals surface area (Å²) in [6.07, 6.45) is 0. The summed E-state index contributed by atoms with van der Waals surface area (Å²) < 4.78 is 5.29. The highest BCUT2D eigenvalue weighted by molar-refractivity contribution is 6.03. The second-order valence-corrected chi connectivity index (χ2v) is 5.04. The van der Waals surface area contributed by atoms with Crippen molar-refractivity contribution in [2.24, 2.45) is 0 Å². The van der Waals surface area contributed by atoms with Gasteiger partial charge in [-0.3, -0.25) is 9.59 Å². The second kappa shape index (κ2) is 5.40. The molecule has 1 N–H and O–H groups in total. The highest BCUT2D eigenvalue weighted by Gasteiger charge is 2.21. The van der Waals surface area contributed by atoms with Crippen LogP contribution in [0.2, 0.25) is 0 Å². The Morgan fingerprint density at radius 1 is 1.19 bits per heavy atom. The molecule has 0 fully saturated rings. The molecule has 1 unspecified atom stereocenters. The number of hydrogen-bond acceptors (Lipinski definition) is 3. The summed E-state index contributed by atoms with van der Waals surface area (Å²) in [5.41, 5.74) is 2.09. The average Bonchev–Trinajstić information content (AvgIpc) is 2.53. The molecule has 0 aliphatic carbocycles.